The summed E-state index contributed by atoms with van der Waals surface area (Å²) in [5.74, 6) is 1.87. The summed E-state index contributed by atoms with van der Waals surface area (Å²) in [6.45, 7) is 6.91. The van der Waals surface area contributed by atoms with E-state index in [-0.39, 0.29) is 5.78 Å². The number of ether oxygens (including phenoxy) is 1. The largest absolute Gasteiger partial charge is 0.378 e. The number of morpholine rings is 1. The Morgan fingerprint density at radius 2 is 1.83 bits per heavy atom. The lowest BCUT2D eigenvalue weighted by Crippen LogP contribution is -2.37. The van der Waals surface area contributed by atoms with Gasteiger partial charge in [0.25, 0.3) is 0 Å². The van der Waals surface area contributed by atoms with Gasteiger partial charge in [-0.05, 0) is 42.3 Å². The van der Waals surface area contributed by atoms with Crippen LogP contribution in [0.25, 0.3) is 22.3 Å². The number of nitrogens with zero attached hydrogens (tertiary/aromatic N) is 5. The maximum atomic E-state index is 12.4. The van der Waals surface area contributed by atoms with Gasteiger partial charge in [0.15, 0.2) is 5.78 Å². The minimum atomic E-state index is 0.163. The Morgan fingerprint density at radius 1 is 1.06 bits per heavy atom. The van der Waals surface area contributed by atoms with Crippen molar-refractivity contribution in [3.63, 3.8) is 0 Å². The predicted octanol–water partition coefficient (Wildman–Crippen LogP) is 4.84. The van der Waals surface area contributed by atoms with Crippen molar-refractivity contribution in [2.75, 3.05) is 36.5 Å². The number of carbonyl (C=O) groups excluding carboxylic acids is 1. The van der Waals surface area contributed by atoms with Crippen molar-refractivity contribution >= 4 is 34.3 Å². The molecule has 0 radical (unpaired) electrons. The third kappa shape index (κ3) is 5.17. The van der Waals surface area contributed by atoms with Crippen molar-refractivity contribution < 1.29 is 9.53 Å². The van der Waals surface area contributed by atoms with Crippen molar-refractivity contribution in [2.45, 2.75) is 20.3 Å². The van der Waals surface area contributed by atoms with Crippen LogP contribution < -0.4 is 10.2 Å². The number of imidazole rings is 1. The number of hydrogen-bond acceptors (Lipinski definition) is 7. The summed E-state index contributed by atoms with van der Waals surface area (Å²) in [6.07, 6.45) is 2.36. The van der Waals surface area contributed by atoms with Crippen LogP contribution in [0.2, 0.25) is 0 Å². The third-order valence-electron chi connectivity index (χ3n) is 6.10. The molecule has 1 aliphatic rings. The zero-order valence-electron chi connectivity index (χ0n) is 20.4. The number of anilines is 3. The van der Waals surface area contributed by atoms with Crippen molar-refractivity contribution in [3.05, 3.63) is 60.4 Å². The van der Waals surface area contributed by atoms with E-state index in [0.717, 1.165) is 46.6 Å². The average molecular weight is 471 g/mol. The number of aryl methyl sites for hydroxylation is 1. The van der Waals surface area contributed by atoms with Crippen LogP contribution in [0.4, 0.5) is 17.5 Å². The van der Waals surface area contributed by atoms with Crippen molar-refractivity contribution in [3.8, 4) is 11.3 Å². The van der Waals surface area contributed by atoms with E-state index in [1.807, 2.05) is 60.4 Å². The van der Waals surface area contributed by atoms with E-state index in [4.69, 9.17) is 14.7 Å². The Hall–Kier alpha value is -3.78. The van der Waals surface area contributed by atoms with Crippen LogP contribution in [0.1, 0.15) is 30.6 Å². The molecule has 1 N–H and O–H groups in total. The van der Waals surface area contributed by atoms with Crippen LogP contribution in [0.5, 0.6) is 0 Å². The second-order valence-corrected chi connectivity index (χ2v) is 9.32. The molecule has 8 heteroatoms. The topological polar surface area (TPSA) is 85.2 Å². The first kappa shape index (κ1) is 23.0. The van der Waals surface area contributed by atoms with E-state index in [1.54, 1.807) is 0 Å². The van der Waals surface area contributed by atoms with E-state index < -0.39 is 0 Å². The number of rotatable bonds is 7. The minimum Gasteiger partial charge on any atom is -0.378 e. The highest BCUT2D eigenvalue weighted by atomic mass is 16.5. The summed E-state index contributed by atoms with van der Waals surface area (Å²) < 4.78 is 7.52. The van der Waals surface area contributed by atoms with E-state index >= 15 is 0 Å². The molecule has 0 aliphatic carbocycles. The molecule has 2 aromatic carbocycles. The van der Waals surface area contributed by atoms with Gasteiger partial charge < -0.3 is 19.5 Å². The minimum absolute atomic E-state index is 0.163. The summed E-state index contributed by atoms with van der Waals surface area (Å²) in [4.78, 5) is 28.7. The van der Waals surface area contributed by atoms with Gasteiger partial charge in [-0.1, -0.05) is 19.9 Å². The molecule has 1 fully saturated rings. The molecule has 0 bridgehead atoms. The Morgan fingerprint density at radius 3 is 2.57 bits per heavy atom. The average Bonchev–Trinajstić information content (AvgIpc) is 3.24. The number of benzene rings is 2. The number of aromatic nitrogens is 4. The van der Waals surface area contributed by atoms with Gasteiger partial charge in [0, 0.05) is 49.4 Å². The molecule has 1 aliphatic heterocycles. The normalized spacial score (nSPS) is 14.0. The first-order chi connectivity index (χ1) is 17.0. The van der Waals surface area contributed by atoms with Crippen molar-refractivity contribution in [1.82, 2.24) is 19.5 Å². The molecular formula is C27H30N6O2. The monoisotopic (exact) mass is 470 g/mol. The Bertz CT molecular complexity index is 1340. The molecule has 0 atom stereocenters. The van der Waals surface area contributed by atoms with Gasteiger partial charge in [0.2, 0.25) is 5.95 Å². The predicted molar refractivity (Wildman–Crippen MR) is 138 cm³/mol. The fourth-order valence-corrected chi connectivity index (χ4v) is 4.21. The summed E-state index contributed by atoms with van der Waals surface area (Å²) in [7, 11) is 1.99. The van der Waals surface area contributed by atoms with E-state index in [9.17, 15) is 4.79 Å². The Balaban J connectivity index is 1.47. The molecule has 0 unspecified atom stereocenters. The van der Waals surface area contributed by atoms with Crippen LogP contribution in [-0.2, 0) is 11.8 Å². The second kappa shape index (κ2) is 9.84. The maximum Gasteiger partial charge on any atom is 0.228 e. The fraction of sp³-hybridized carbons (Fsp3) is 0.333. The van der Waals surface area contributed by atoms with Gasteiger partial charge in [-0.15, -0.1) is 0 Å². The van der Waals surface area contributed by atoms with Gasteiger partial charge >= 0.3 is 0 Å². The zero-order valence-corrected chi connectivity index (χ0v) is 20.4. The molecule has 180 valence electrons. The first-order valence-electron chi connectivity index (χ1n) is 12.0. The summed E-state index contributed by atoms with van der Waals surface area (Å²) in [5.41, 5.74) is 5.41. The lowest BCUT2D eigenvalue weighted by atomic mass is 10.0. The number of nitrogens with one attached hydrogen (secondary N) is 1. The van der Waals surface area contributed by atoms with Gasteiger partial charge in [0.05, 0.1) is 36.3 Å². The number of ketones is 1. The molecule has 0 amide bonds. The number of carbonyl (C=O) groups is 1. The zero-order chi connectivity index (χ0) is 24.4. The van der Waals surface area contributed by atoms with Crippen LogP contribution in [0.3, 0.4) is 0 Å². The fourth-order valence-electron chi connectivity index (χ4n) is 4.21. The Kier molecular flexibility index (Phi) is 6.46. The highest BCUT2D eigenvalue weighted by molar-refractivity contribution is 5.96. The maximum absolute atomic E-state index is 12.4. The third-order valence-corrected chi connectivity index (χ3v) is 6.10. The summed E-state index contributed by atoms with van der Waals surface area (Å²) in [6, 6.07) is 15.7. The molecular weight excluding hydrogens is 440 g/mol. The van der Waals surface area contributed by atoms with Crippen LogP contribution >= 0.6 is 0 Å². The molecule has 0 saturated carbocycles. The van der Waals surface area contributed by atoms with Crippen LogP contribution in [-0.4, -0.2) is 51.6 Å². The van der Waals surface area contributed by atoms with Gasteiger partial charge in [0.1, 0.15) is 5.82 Å². The summed E-state index contributed by atoms with van der Waals surface area (Å²) in [5, 5.41) is 3.41. The molecule has 35 heavy (non-hydrogen) atoms. The molecule has 8 nitrogen and oxygen atoms in total. The van der Waals surface area contributed by atoms with Crippen molar-refractivity contribution in [1.29, 1.82) is 0 Å². The lowest BCUT2D eigenvalue weighted by Gasteiger charge is -2.27. The number of fused-ring (bicyclic) bond motifs is 1. The number of hydrogen-bond donors (Lipinski definition) is 1. The smallest absolute Gasteiger partial charge is 0.228 e. The van der Waals surface area contributed by atoms with Gasteiger partial charge in [-0.2, -0.15) is 4.98 Å². The second-order valence-electron chi connectivity index (χ2n) is 9.32. The van der Waals surface area contributed by atoms with Gasteiger partial charge in [-0.25, -0.2) is 9.97 Å². The van der Waals surface area contributed by atoms with Crippen LogP contribution in [0, 0.1) is 5.92 Å². The molecule has 4 aromatic rings. The highest BCUT2D eigenvalue weighted by Gasteiger charge is 2.17. The first-order valence-corrected chi connectivity index (χ1v) is 12.0. The standard InChI is InChI=1S/C27H30N6O2/c1-18(2)14-25(34)19-4-7-21(8-5-19)29-26-16-23(30-27(31-26)33-10-12-35-13-11-33)20-6-9-22-24(15-20)32(3)17-28-22/h4-9,15-18H,10-14H2,1-3H3,(H,29,30,31). The highest BCUT2D eigenvalue weighted by Crippen LogP contribution is 2.28. The van der Waals surface area contributed by atoms with Crippen LogP contribution in [0.15, 0.2) is 54.9 Å². The molecule has 0 spiro atoms. The van der Waals surface area contributed by atoms with Crippen molar-refractivity contribution in [2.24, 2.45) is 13.0 Å². The Labute approximate surface area is 205 Å². The molecule has 1 saturated heterocycles. The van der Waals surface area contributed by atoms with E-state index in [1.165, 1.54) is 0 Å². The van der Waals surface area contributed by atoms with Gasteiger partial charge in [-0.3, -0.25) is 4.79 Å². The quantitative estimate of drug-likeness (QED) is 0.387. The summed E-state index contributed by atoms with van der Waals surface area (Å²) >= 11 is 0. The van der Waals surface area contributed by atoms with E-state index in [0.29, 0.717) is 37.3 Å². The number of Topliss-reactive ketones (excluding diaryl/α,β-unsaturated/α-hetero) is 1. The molecule has 3 heterocycles. The molecule has 2 aromatic heterocycles. The molecule has 5 rings (SSSR count). The van der Waals surface area contributed by atoms with E-state index in [2.05, 4.69) is 35.1 Å². The lowest BCUT2D eigenvalue weighted by molar-refractivity contribution is 0.0968. The SMILES string of the molecule is CC(C)CC(=O)c1ccc(Nc2cc(-c3ccc4ncn(C)c4c3)nc(N3CCOCC3)n2)cc1.